The summed E-state index contributed by atoms with van der Waals surface area (Å²) in [5.74, 6) is -1.50. The van der Waals surface area contributed by atoms with Gasteiger partial charge in [-0.05, 0) is 6.42 Å². The van der Waals surface area contributed by atoms with Gasteiger partial charge in [0.1, 0.15) is 13.2 Å². The van der Waals surface area contributed by atoms with Crippen molar-refractivity contribution in [3.8, 4) is 0 Å². The van der Waals surface area contributed by atoms with E-state index in [9.17, 15) is 9.59 Å². The van der Waals surface area contributed by atoms with Gasteiger partial charge in [0.25, 0.3) is 0 Å². The smallest absolute Gasteiger partial charge is 0.329 e. The molecule has 1 amide bonds. The lowest BCUT2D eigenvalue weighted by Gasteiger charge is -2.09. The zero-order chi connectivity index (χ0) is 28.5. The molecule has 0 aliphatic rings. The van der Waals surface area contributed by atoms with E-state index >= 15 is 0 Å². The van der Waals surface area contributed by atoms with Crippen LogP contribution in [0.25, 0.3) is 0 Å². The normalized spacial score (nSPS) is 11.2. The van der Waals surface area contributed by atoms with Crippen molar-refractivity contribution in [1.29, 1.82) is 0 Å². The molecule has 0 unspecified atom stereocenters. The lowest BCUT2D eigenvalue weighted by molar-refractivity contribution is -0.143. The van der Waals surface area contributed by atoms with E-state index in [1.165, 1.54) is 57.8 Å². The van der Waals surface area contributed by atoms with E-state index < -0.39 is 12.6 Å². The molecule has 0 aliphatic heterocycles. The Hall–Kier alpha value is -1.34. The van der Waals surface area contributed by atoms with Crippen molar-refractivity contribution in [2.75, 3.05) is 99.0 Å². The van der Waals surface area contributed by atoms with Crippen molar-refractivity contribution in [2.45, 2.75) is 71.1 Å². The highest BCUT2D eigenvalue weighted by Crippen LogP contribution is 2.10. The SMILES string of the molecule is CCCCCCCCCCCCOCCOCCOCCOCCOCCOCCNC(=O)COCC(=O)O. The quantitative estimate of drug-likeness (QED) is 0.114. The number of carbonyl (C=O) groups is 2. The average Bonchev–Trinajstić information content (AvgIpc) is 2.92. The van der Waals surface area contributed by atoms with Crippen LogP contribution in [0.4, 0.5) is 0 Å². The predicted octanol–water partition coefficient (Wildman–Crippen LogP) is 3.22. The molecule has 232 valence electrons. The summed E-state index contributed by atoms with van der Waals surface area (Å²) in [6, 6.07) is 0. The van der Waals surface area contributed by atoms with Gasteiger partial charge >= 0.3 is 5.97 Å². The van der Waals surface area contributed by atoms with E-state index in [0.717, 1.165) is 13.0 Å². The minimum Gasteiger partial charge on any atom is -0.480 e. The molecule has 0 fully saturated rings. The maximum Gasteiger partial charge on any atom is 0.329 e. The highest BCUT2D eigenvalue weighted by Gasteiger charge is 2.03. The first-order valence-electron chi connectivity index (χ1n) is 14.7. The van der Waals surface area contributed by atoms with Gasteiger partial charge in [-0.25, -0.2) is 4.79 Å². The van der Waals surface area contributed by atoms with E-state index in [2.05, 4.69) is 17.0 Å². The second-order valence-electron chi connectivity index (χ2n) is 9.09. The fraction of sp³-hybridized carbons (Fsp3) is 0.929. The fourth-order valence-corrected chi connectivity index (χ4v) is 3.44. The Kier molecular flexibility index (Phi) is 31.7. The van der Waals surface area contributed by atoms with Crippen molar-refractivity contribution in [3.63, 3.8) is 0 Å². The first-order valence-corrected chi connectivity index (χ1v) is 14.7. The summed E-state index contributed by atoms with van der Waals surface area (Å²) < 4.78 is 37.4. The molecule has 0 aromatic rings. The second kappa shape index (κ2) is 32.9. The molecule has 0 aliphatic carbocycles. The number of ether oxygens (including phenoxy) is 7. The van der Waals surface area contributed by atoms with Crippen LogP contribution >= 0.6 is 0 Å². The summed E-state index contributed by atoms with van der Waals surface area (Å²) in [6.45, 7) is 8.02. The zero-order valence-corrected chi connectivity index (χ0v) is 24.3. The van der Waals surface area contributed by atoms with E-state index in [1.54, 1.807) is 0 Å². The van der Waals surface area contributed by atoms with Crippen LogP contribution in [0, 0.1) is 0 Å². The summed E-state index contributed by atoms with van der Waals surface area (Å²) in [4.78, 5) is 21.6. The second-order valence-corrected chi connectivity index (χ2v) is 9.09. The van der Waals surface area contributed by atoms with Crippen LogP contribution in [-0.4, -0.2) is 116 Å². The maximum atomic E-state index is 11.3. The van der Waals surface area contributed by atoms with Crippen molar-refractivity contribution in [1.82, 2.24) is 5.32 Å². The molecule has 0 radical (unpaired) electrons. The number of carboxylic acids is 1. The highest BCUT2D eigenvalue weighted by atomic mass is 16.6. The molecule has 0 heterocycles. The number of carbonyl (C=O) groups excluding carboxylic acids is 1. The molecule has 11 heteroatoms. The Morgan fingerprint density at radius 2 is 0.872 bits per heavy atom. The van der Waals surface area contributed by atoms with Crippen LogP contribution in [0.3, 0.4) is 0 Å². The number of rotatable bonds is 33. The predicted molar refractivity (Wildman–Crippen MR) is 148 cm³/mol. The summed E-state index contributed by atoms with van der Waals surface area (Å²) in [5.41, 5.74) is 0. The molecule has 0 aromatic carbocycles. The summed E-state index contributed by atoms with van der Waals surface area (Å²) in [7, 11) is 0. The third-order valence-corrected chi connectivity index (χ3v) is 5.53. The molecule has 39 heavy (non-hydrogen) atoms. The molecule has 0 aromatic heterocycles. The Balaban J connectivity index is 3.08. The number of unbranched alkanes of at least 4 members (excludes halogenated alkanes) is 9. The number of hydrogen-bond acceptors (Lipinski definition) is 9. The molecular formula is C28H55NO10. The Morgan fingerprint density at radius 1 is 0.487 bits per heavy atom. The number of aliphatic carboxylic acids is 1. The minimum absolute atomic E-state index is 0.288. The lowest BCUT2D eigenvalue weighted by Crippen LogP contribution is -2.31. The van der Waals surface area contributed by atoms with Crippen LogP contribution < -0.4 is 5.32 Å². The van der Waals surface area contributed by atoms with Crippen LogP contribution in [0.5, 0.6) is 0 Å². The van der Waals surface area contributed by atoms with Crippen molar-refractivity contribution >= 4 is 11.9 Å². The van der Waals surface area contributed by atoms with E-state index in [-0.39, 0.29) is 12.5 Å². The fourth-order valence-electron chi connectivity index (χ4n) is 3.44. The monoisotopic (exact) mass is 565 g/mol. The molecular weight excluding hydrogens is 510 g/mol. The molecule has 0 bridgehead atoms. The Bertz CT molecular complexity index is 525. The van der Waals surface area contributed by atoms with Crippen molar-refractivity contribution < 1.29 is 47.9 Å². The van der Waals surface area contributed by atoms with Gasteiger partial charge in [-0.1, -0.05) is 64.7 Å². The third kappa shape index (κ3) is 34.6. The van der Waals surface area contributed by atoms with E-state index in [4.69, 9.17) is 33.5 Å². The van der Waals surface area contributed by atoms with Gasteiger partial charge < -0.3 is 43.6 Å². The van der Waals surface area contributed by atoms with Crippen molar-refractivity contribution in [2.24, 2.45) is 0 Å². The van der Waals surface area contributed by atoms with Gasteiger partial charge in [0, 0.05) is 13.2 Å². The van der Waals surface area contributed by atoms with Crippen LogP contribution in [0.15, 0.2) is 0 Å². The molecule has 0 atom stereocenters. The zero-order valence-electron chi connectivity index (χ0n) is 24.3. The summed E-state index contributed by atoms with van der Waals surface area (Å²) in [6.07, 6.45) is 13.3. The number of amides is 1. The summed E-state index contributed by atoms with van der Waals surface area (Å²) in [5, 5.41) is 11.0. The highest BCUT2D eigenvalue weighted by molar-refractivity contribution is 5.77. The topological polar surface area (TPSA) is 131 Å². The molecule has 2 N–H and O–H groups in total. The van der Waals surface area contributed by atoms with E-state index in [0.29, 0.717) is 79.2 Å². The van der Waals surface area contributed by atoms with Gasteiger partial charge in [-0.2, -0.15) is 0 Å². The molecule has 0 rings (SSSR count). The van der Waals surface area contributed by atoms with Crippen LogP contribution in [0.2, 0.25) is 0 Å². The number of carboxylic acid groups (broad SMARTS) is 1. The lowest BCUT2D eigenvalue weighted by atomic mass is 10.1. The van der Waals surface area contributed by atoms with Gasteiger partial charge in [0.2, 0.25) is 5.91 Å². The van der Waals surface area contributed by atoms with E-state index in [1.807, 2.05) is 0 Å². The first kappa shape index (κ1) is 37.7. The van der Waals surface area contributed by atoms with Gasteiger partial charge in [0.15, 0.2) is 0 Å². The standard InChI is InChI=1S/C28H55NO10/c1-2-3-4-5-6-7-8-9-10-11-13-33-15-17-35-19-21-37-23-24-38-22-20-36-18-16-34-14-12-29-27(30)25-39-26-28(31)32/h2-26H2,1H3,(H,29,30)(H,31,32). The number of nitrogens with one attached hydrogen (secondary N) is 1. The molecule has 0 spiro atoms. The van der Waals surface area contributed by atoms with Crippen LogP contribution in [-0.2, 0) is 42.7 Å². The molecule has 0 saturated heterocycles. The Morgan fingerprint density at radius 3 is 1.31 bits per heavy atom. The van der Waals surface area contributed by atoms with Crippen molar-refractivity contribution in [3.05, 3.63) is 0 Å². The Labute approximate surface area is 235 Å². The third-order valence-electron chi connectivity index (χ3n) is 5.53. The van der Waals surface area contributed by atoms with Gasteiger partial charge in [-0.3, -0.25) is 4.79 Å². The number of hydrogen-bond donors (Lipinski definition) is 2. The molecule has 0 saturated carbocycles. The van der Waals surface area contributed by atoms with Crippen LogP contribution in [0.1, 0.15) is 71.1 Å². The van der Waals surface area contributed by atoms with Gasteiger partial charge in [-0.15, -0.1) is 0 Å². The molecule has 11 nitrogen and oxygen atoms in total. The maximum absolute atomic E-state index is 11.3. The largest absolute Gasteiger partial charge is 0.480 e. The average molecular weight is 566 g/mol. The first-order chi connectivity index (χ1) is 19.2. The minimum atomic E-state index is -1.11. The summed E-state index contributed by atoms with van der Waals surface area (Å²) >= 11 is 0. The van der Waals surface area contributed by atoms with Gasteiger partial charge in [0.05, 0.1) is 72.7 Å².